The van der Waals surface area contributed by atoms with Crippen LogP contribution in [0.15, 0.2) is 35.7 Å². The Hall–Kier alpha value is -0.900. The normalized spacial score (nSPS) is 12.6. The zero-order chi connectivity index (χ0) is 12.3. The molecule has 90 valence electrons. The lowest BCUT2D eigenvalue weighted by Gasteiger charge is -2.11. The van der Waals surface area contributed by atoms with Crippen molar-refractivity contribution in [3.8, 4) is 0 Å². The van der Waals surface area contributed by atoms with E-state index in [1.165, 1.54) is 10.9 Å². The molecule has 4 heteroatoms. The van der Waals surface area contributed by atoms with Crippen molar-refractivity contribution < 1.29 is 4.39 Å². The van der Waals surface area contributed by atoms with Crippen LogP contribution in [0.3, 0.4) is 0 Å². The van der Waals surface area contributed by atoms with Gasteiger partial charge < -0.3 is 5.73 Å². The van der Waals surface area contributed by atoms with Gasteiger partial charge in [0.2, 0.25) is 0 Å². The smallest absolute Gasteiger partial charge is 0.126 e. The zero-order valence-corrected chi connectivity index (χ0v) is 10.8. The molecule has 0 bridgehead atoms. The fourth-order valence-corrected chi connectivity index (χ4v) is 2.74. The van der Waals surface area contributed by atoms with Crippen LogP contribution in [-0.2, 0) is 12.8 Å². The highest BCUT2D eigenvalue weighted by Crippen LogP contribution is 2.18. The molecule has 1 atom stereocenters. The maximum absolute atomic E-state index is 13.5. The fourth-order valence-electron chi connectivity index (χ4n) is 1.74. The molecule has 1 aromatic heterocycles. The third kappa shape index (κ3) is 3.53. The Labute approximate surface area is 109 Å². The van der Waals surface area contributed by atoms with E-state index in [2.05, 4.69) is 0 Å². The number of hydrogen-bond donors (Lipinski definition) is 1. The third-order valence-corrected chi connectivity index (χ3v) is 3.67. The van der Waals surface area contributed by atoms with E-state index < -0.39 is 0 Å². The molecule has 0 aliphatic rings. The molecule has 17 heavy (non-hydrogen) atoms. The first kappa shape index (κ1) is 12.6. The number of hydrogen-bond acceptors (Lipinski definition) is 2. The van der Waals surface area contributed by atoms with Crippen molar-refractivity contribution in [3.63, 3.8) is 0 Å². The molecule has 0 radical (unpaired) electrons. The third-order valence-electron chi connectivity index (χ3n) is 2.53. The minimum Gasteiger partial charge on any atom is -0.327 e. The summed E-state index contributed by atoms with van der Waals surface area (Å²) >= 11 is 7.51. The summed E-state index contributed by atoms with van der Waals surface area (Å²) in [6, 6.07) is 8.53. The molecule has 2 N–H and O–H groups in total. The van der Waals surface area contributed by atoms with Gasteiger partial charge in [-0.3, -0.25) is 0 Å². The van der Waals surface area contributed by atoms with E-state index >= 15 is 0 Å². The summed E-state index contributed by atoms with van der Waals surface area (Å²) in [4.78, 5) is 1.22. The highest BCUT2D eigenvalue weighted by Gasteiger charge is 2.10. The predicted octanol–water partition coefficient (Wildman–Crippen LogP) is 3.65. The number of nitrogens with two attached hydrogens (primary N) is 1. The second-order valence-corrected chi connectivity index (χ2v) is 5.45. The topological polar surface area (TPSA) is 26.0 Å². The zero-order valence-electron chi connectivity index (χ0n) is 9.20. The summed E-state index contributed by atoms with van der Waals surface area (Å²) in [5.74, 6) is -0.240. The predicted molar refractivity (Wildman–Crippen MR) is 71.1 cm³/mol. The van der Waals surface area contributed by atoms with Crippen LogP contribution in [0, 0.1) is 5.82 Å². The molecule has 2 aromatic rings. The van der Waals surface area contributed by atoms with Crippen molar-refractivity contribution in [2.45, 2.75) is 18.9 Å². The number of thiophene rings is 1. The van der Waals surface area contributed by atoms with Gasteiger partial charge in [0.15, 0.2) is 0 Å². The van der Waals surface area contributed by atoms with Crippen LogP contribution in [-0.4, -0.2) is 6.04 Å². The Bertz CT molecular complexity index is 484. The summed E-state index contributed by atoms with van der Waals surface area (Å²) in [6.07, 6.45) is 1.27. The molecule has 0 spiro atoms. The van der Waals surface area contributed by atoms with E-state index in [0.717, 1.165) is 6.42 Å². The lowest BCUT2D eigenvalue weighted by atomic mass is 10.0. The molecule has 1 aromatic carbocycles. The van der Waals surface area contributed by atoms with Gasteiger partial charge in [0.1, 0.15) is 5.82 Å². The molecule has 1 nitrogen and oxygen atoms in total. The van der Waals surface area contributed by atoms with E-state index in [1.54, 1.807) is 23.5 Å². The van der Waals surface area contributed by atoms with Gasteiger partial charge in [-0.25, -0.2) is 4.39 Å². The minimum atomic E-state index is -0.240. The molecule has 0 aliphatic carbocycles. The van der Waals surface area contributed by atoms with Crippen molar-refractivity contribution >= 4 is 22.9 Å². The number of benzene rings is 1. The summed E-state index contributed by atoms with van der Waals surface area (Å²) < 4.78 is 13.5. The molecular formula is C13H13ClFNS. The summed E-state index contributed by atoms with van der Waals surface area (Å²) in [5.41, 5.74) is 6.60. The molecule has 1 heterocycles. The molecule has 0 fully saturated rings. The highest BCUT2D eigenvalue weighted by molar-refractivity contribution is 7.09. The average Bonchev–Trinajstić information content (AvgIpc) is 2.76. The van der Waals surface area contributed by atoms with Gasteiger partial charge >= 0.3 is 0 Å². The molecule has 0 saturated heterocycles. The Kier molecular flexibility index (Phi) is 4.15. The van der Waals surface area contributed by atoms with Crippen LogP contribution < -0.4 is 5.73 Å². The first-order valence-corrected chi connectivity index (χ1v) is 6.63. The second kappa shape index (κ2) is 5.63. The number of rotatable bonds is 4. The van der Waals surface area contributed by atoms with Crippen molar-refractivity contribution in [1.29, 1.82) is 0 Å². The quantitative estimate of drug-likeness (QED) is 0.901. The highest BCUT2D eigenvalue weighted by atomic mass is 35.5. The Morgan fingerprint density at radius 3 is 2.82 bits per heavy atom. The van der Waals surface area contributed by atoms with Gasteiger partial charge in [-0.15, -0.1) is 11.3 Å². The Morgan fingerprint density at radius 1 is 1.29 bits per heavy atom. The van der Waals surface area contributed by atoms with Crippen molar-refractivity contribution in [1.82, 2.24) is 0 Å². The van der Waals surface area contributed by atoms with Crippen molar-refractivity contribution in [3.05, 3.63) is 57.0 Å². The summed E-state index contributed by atoms with van der Waals surface area (Å²) in [5, 5.41) is 2.56. The van der Waals surface area contributed by atoms with E-state index in [4.69, 9.17) is 17.3 Å². The molecule has 0 amide bonds. The van der Waals surface area contributed by atoms with E-state index in [0.29, 0.717) is 17.0 Å². The van der Waals surface area contributed by atoms with Gasteiger partial charge in [-0.1, -0.05) is 17.7 Å². The summed E-state index contributed by atoms with van der Waals surface area (Å²) in [6.45, 7) is 0. The van der Waals surface area contributed by atoms with Crippen molar-refractivity contribution in [2.24, 2.45) is 5.73 Å². The average molecular weight is 270 g/mol. The van der Waals surface area contributed by atoms with Crippen LogP contribution in [0.4, 0.5) is 4.39 Å². The lowest BCUT2D eigenvalue weighted by Crippen LogP contribution is -2.25. The molecule has 0 saturated carbocycles. The van der Waals surface area contributed by atoms with Crippen LogP contribution >= 0.6 is 22.9 Å². The van der Waals surface area contributed by atoms with Gasteiger partial charge in [-0.05, 0) is 48.1 Å². The first-order valence-electron chi connectivity index (χ1n) is 5.37. The van der Waals surface area contributed by atoms with Gasteiger partial charge in [0.25, 0.3) is 0 Å². The number of halogens is 2. The monoisotopic (exact) mass is 269 g/mol. The molecule has 0 aliphatic heterocycles. The van der Waals surface area contributed by atoms with Crippen LogP contribution in [0.5, 0.6) is 0 Å². The molecule has 2 rings (SSSR count). The fraction of sp³-hybridized carbons (Fsp3) is 0.231. The maximum Gasteiger partial charge on any atom is 0.126 e. The van der Waals surface area contributed by atoms with Crippen LogP contribution in [0.2, 0.25) is 5.02 Å². The minimum absolute atomic E-state index is 0.0818. The summed E-state index contributed by atoms with van der Waals surface area (Å²) in [7, 11) is 0. The van der Waals surface area contributed by atoms with E-state index in [1.807, 2.05) is 17.5 Å². The largest absolute Gasteiger partial charge is 0.327 e. The van der Waals surface area contributed by atoms with Crippen LogP contribution in [0.25, 0.3) is 0 Å². The van der Waals surface area contributed by atoms with Gasteiger partial charge in [-0.2, -0.15) is 0 Å². The van der Waals surface area contributed by atoms with Gasteiger partial charge in [0.05, 0.1) is 0 Å². The molecular weight excluding hydrogens is 257 g/mol. The van der Waals surface area contributed by atoms with E-state index in [-0.39, 0.29) is 11.9 Å². The lowest BCUT2D eigenvalue weighted by molar-refractivity contribution is 0.585. The molecule has 1 unspecified atom stereocenters. The Morgan fingerprint density at radius 2 is 2.12 bits per heavy atom. The van der Waals surface area contributed by atoms with E-state index in [9.17, 15) is 4.39 Å². The first-order chi connectivity index (χ1) is 8.15. The standard InChI is InChI=1S/C13H13ClFNS/c14-10-3-4-13(15)9(6-10)7-11(16)8-12-2-1-5-17-12/h1-6,11H,7-8,16H2. The SMILES string of the molecule is NC(Cc1cccs1)Cc1cc(Cl)ccc1F. The van der Waals surface area contributed by atoms with Gasteiger partial charge in [0, 0.05) is 15.9 Å². The van der Waals surface area contributed by atoms with Crippen molar-refractivity contribution in [2.75, 3.05) is 0 Å². The maximum atomic E-state index is 13.5. The van der Waals surface area contributed by atoms with Crippen LogP contribution in [0.1, 0.15) is 10.4 Å². The Balaban J connectivity index is 2.02. The second-order valence-electron chi connectivity index (χ2n) is 3.98.